The summed E-state index contributed by atoms with van der Waals surface area (Å²) in [6.45, 7) is 4.79. The van der Waals surface area contributed by atoms with Gasteiger partial charge in [-0.1, -0.05) is 6.42 Å². The molecule has 0 atom stereocenters. The van der Waals surface area contributed by atoms with E-state index in [9.17, 15) is 0 Å². The first-order valence-corrected chi connectivity index (χ1v) is 7.85. The number of anilines is 2. The van der Waals surface area contributed by atoms with Gasteiger partial charge in [-0.25, -0.2) is 4.98 Å². The van der Waals surface area contributed by atoms with Gasteiger partial charge < -0.3 is 15.8 Å². The topological polar surface area (TPSA) is 73.1 Å². The Morgan fingerprint density at radius 1 is 1.47 bits per heavy atom. The molecule has 1 aliphatic rings. The standard InChI is InChI=1S/C13H22N4OS/c1-9(2)18-12-10(14)11(16-8-17-12)15-7-13(19-3)5-4-6-13/h8-9H,4-7,14H2,1-3H3,(H,15,16,17). The number of nitrogens with zero attached hydrogens (tertiary/aromatic N) is 2. The monoisotopic (exact) mass is 282 g/mol. The van der Waals surface area contributed by atoms with Crippen LogP contribution >= 0.6 is 11.8 Å². The van der Waals surface area contributed by atoms with Crippen LogP contribution in [0.5, 0.6) is 5.88 Å². The van der Waals surface area contributed by atoms with Gasteiger partial charge in [0.25, 0.3) is 0 Å². The second-order valence-electron chi connectivity index (χ2n) is 5.20. The number of hydrogen-bond donors (Lipinski definition) is 2. The van der Waals surface area contributed by atoms with E-state index in [4.69, 9.17) is 10.5 Å². The number of nitrogen functional groups attached to an aromatic ring is 1. The SMILES string of the molecule is CSC1(CNc2ncnc(OC(C)C)c2N)CCC1. The third kappa shape index (κ3) is 3.23. The first-order valence-electron chi connectivity index (χ1n) is 6.62. The molecule has 1 fully saturated rings. The average Bonchev–Trinajstić information content (AvgIpc) is 2.32. The number of aromatic nitrogens is 2. The van der Waals surface area contributed by atoms with Crippen LogP contribution in [0.4, 0.5) is 11.5 Å². The Morgan fingerprint density at radius 2 is 2.21 bits per heavy atom. The lowest BCUT2D eigenvalue weighted by Gasteiger charge is -2.40. The molecule has 19 heavy (non-hydrogen) atoms. The molecule has 0 spiro atoms. The molecule has 0 aliphatic heterocycles. The second-order valence-corrected chi connectivity index (χ2v) is 6.48. The quantitative estimate of drug-likeness (QED) is 0.835. The third-order valence-corrected chi connectivity index (χ3v) is 4.89. The van der Waals surface area contributed by atoms with Gasteiger partial charge in [0.2, 0.25) is 5.88 Å². The van der Waals surface area contributed by atoms with E-state index in [1.165, 1.54) is 25.6 Å². The number of ether oxygens (including phenoxy) is 1. The molecule has 0 unspecified atom stereocenters. The van der Waals surface area contributed by atoms with Gasteiger partial charge in [0, 0.05) is 11.3 Å². The van der Waals surface area contributed by atoms with Crippen LogP contribution in [0.15, 0.2) is 6.33 Å². The predicted molar refractivity (Wildman–Crippen MR) is 80.8 cm³/mol. The van der Waals surface area contributed by atoms with Crippen molar-refractivity contribution in [1.82, 2.24) is 9.97 Å². The van der Waals surface area contributed by atoms with Gasteiger partial charge in [0.05, 0.1) is 6.10 Å². The highest BCUT2D eigenvalue weighted by molar-refractivity contribution is 8.00. The van der Waals surface area contributed by atoms with Crippen LogP contribution in [0, 0.1) is 0 Å². The van der Waals surface area contributed by atoms with Crippen LogP contribution in [0.1, 0.15) is 33.1 Å². The van der Waals surface area contributed by atoms with Gasteiger partial charge >= 0.3 is 0 Å². The Balaban J connectivity index is 2.04. The number of thioether (sulfide) groups is 1. The van der Waals surface area contributed by atoms with E-state index >= 15 is 0 Å². The molecule has 0 saturated heterocycles. The number of nitrogens with two attached hydrogens (primary N) is 1. The summed E-state index contributed by atoms with van der Waals surface area (Å²) < 4.78 is 5.91. The minimum atomic E-state index is 0.0502. The molecule has 0 amide bonds. The van der Waals surface area contributed by atoms with Crippen LogP contribution in [0.25, 0.3) is 0 Å². The normalized spacial score (nSPS) is 17.1. The summed E-state index contributed by atoms with van der Waals surface area (Å²) in [5.41, 5.74) is 6.53. The molecule has 1 heterocycles. The van der Waals surface area contributed by atoms with Crippen molar-refractivity contribution in [3.05, 3.63) is 6.33 Å². The van der Waals surface area contributed by atoms with Crippen molar-refractivity contribution in [2.24, 2.45) is 0 Å². The predicted octanol–water partition coefficient (Wildman–Crippen LogP) is 2.54. The molecule has 106 valence electrons. The Labute approximate surface area is 118 Å². The fraction of sp³-hybridized carbons (Fsp3) is 0.692. The maximum absolute atomic E-state index is 6.04. The summed E-state index contributed by atoms with van der Waals surface area (Å²) in [7, 11) is 0. The Kier molecular flexibility index (Phi) is 4.39. The summed E-state index contributed by atoms with van der Waals surface area (Å²) in [5, 5.41) is 3.34. The molecular weight excluding hydrogens is 260 g/mol. The molecule has 0 aromatic carbocycles. The largest absolute Gasteiger partial charge is 0.473 e. The molecule has 0 radical (unpaired) electrons. The van der Waals surface area contributed by atoms with Crippen LogP contribution < -0.4 is 15.8 Å². The van der Waals surface area contributed by atoms with Gasteiger partial charge in [-0.2, -0.15) is 16.7 Å². The maximum atomic E-state index is 6.04. The van der Waals surface area contributed by atoms with Gasteiger partial charge in [-0.15, -0.1) is 0 Å². The highest BCUT2D eigenvalue weighted by Crippen LogP contribution is 2.43. The van der Waals surface area contributed by atoms with Crippen molar-refractivity contribution in [2.45, 2.75) is 44.0 Å². The minimum absolute atomic E-state index is 0.0502. The molecule has 3 N–H and O–H groups in total. The minimum Gasteiger partial charge on any atom is -0.473 e. The van der Waals surface area contributed by atoms with Crippen LogP contribution in [-0.4, -0.2) is 33.6 Å². The fourth-order valence-corrected chi connectivity index (χ4v) is 3.02. The highest BCUT2D eigenvalue weighted by Gasteiger charge is 2.36. The molecule has 5 nitrogen and oxygen atoms in total. The zero-order valence-electron chi connectivity index (χ0n) is 11.8. The Hall–Kier alpha value is -1.17. The highest BCUT2D eigenvalue weighted by atomic mass is 32.2. The van der Waals surface area contributed by atoms with E-state index < -0.39 is 0 Å². The Bertz CT molecular complexity index is 429. The molecule has 6 heteroatoms. The first-order chi connectivity index (χ1) is 9.06. The fourth-order valence-electron chi connectivity index (χ4n) is 2.11. The maximum Gasteiger partial charge on any atom is 0.242 e. The second kappa shape index (κ2) is 5.86. The molecule has 1 aromatic rings. The van der Waals surface area contributed by atoms with Gasteiger partial charge in [0.15, 0.2) is 5.82 Å². The van der Waals surface area contributed by atoms with Crippen LogP contribution in [-0.2, 0) is 0 Å². The lowest BCUT2D eigenvalue weighted by Crippen LogP contribution is -2.40. The molecule has 1 aromatic heterocycles. The van der Waals surface area contributed by atoms with E-state index in [2.05, 4.69) is 21.5 Å². The van der Waals surface area contributed by atoms with E-state index in [-0.39, 0.29) is 6.10 Å². The Morgan fingerprint density at radius 3 is 2.74 bits per heavy atom. The summed E-state index contributed by atoms with van der Waals surface area (Å²) >= 11 is 1.92. The van der Waals surface area contributed by atoms with Crippen LogP contribution in [0.3, 0.4) is 0 Å². The van der Waals surface area contributed by atoms with Crippen molar-refractivity contribution in [3.8, 4) is 5.88 Å². The summed E-state index contributed by atoms with van der Waals surface area (Å²) in [4.78, 5) is 8.28. The van der Waals surface area contributed by atoms with E-state index in [1.807, 2.05) is 25.6 Å². The molecule has 1 aliphatic carbocycles. The molecule has 0 bridgehead atoms. The number of nitrogens with one attached hydrogen (secondary N) is 1. The van der Waals surface area contributed by atoms with Crippen molar-refractivity contribution in [3.63, 3.8) is 0 Å². The van der Waals surface area contributed by atoms with Crippen molar-refractivity contribution in [2.75, 3.05) is 23.9 Å². The van der Waals surface area contributed by atoms with Crippen molar-refractivity contribution >= 4 is 23.3 Å². The van der Waals surface area contributed by atoms with Crippen molar-refractivity contribution < 1.29 is 4.74 Å². The van der Waals surface area contributed by atoms with E-state index in [0.717, 1.165) is 6.54 Å². The molecule has 1 saturated carbocycles. The van der Waals surface area contributed by atoms with Crippen molar-refractivity contribution in [1.29, 1.82) is 0 Å². The summed E-state index contributed by atoms with van der Waals surface area (Å²) in [6.07, 6.45) is 7.52. The van der Waals surface area contributed by atoms with Crippen LogP contribution in [0.2, 0.25) is 0 Å². The third-order valence-electron chi connectivity index (χ3n) is 3.47. The lowest BCUT2D eigenvalue weighted by molar-refractivity contribution is 0.234. The van der Waals surface area contributed by atoms with Gasteiger partial charge in [-0.05, 0) is 32.9 Å². The first kappa shape index (κ1) is 14.2. The summed E-state index contributed by atoms with van der Waals surface area (Å²) in [5.74, 6) is 1.13. The zero-order valence-corrected chi connectivity index (χ0v) is 12.6. The molecular formula is C13H22N4OS. The number of rotatable bonds is 6. The summed E-state index contributed by atoms with van der Waals surface area (Å²) in [6, 6.07) is 0. The van der Waals surface area contributed by atoms with E-state index in [1.54, 1.807) is 0 Å². The lowest BCUT2D eigenvalue weighted by atomic mass is 9.84. The molecule has 2 rings (SSSR count). The van der Waals surface area contributed by atoms with Gasteiger partial charge in [-0.3, -0.25) is 0 Å². The smallest absolute Gasteiger partial charge is 0.242 e. The van der Waals surface area contributed by atoms with Gasteiger partial charge in [0.1, 0.15) is 12.0 Å². The zero-order chi connectivity index (χ0) is 13.9. The van der Waals surface area contributed by atoms with E-state index in [0.29, 0.717) is 22.1 Å². The number of hydrogen-bond acceptors (Lipinski definition) is 6. The average molecular weight is 282 g/mol.